The number of nitrogens with zero attached hydrogens (tertiary/aromatic N) is 1. The van der Waals surface area contributed by atoms with E-state index in [1.54, 1.807) is 7.11 Å². The molecule has 0 atom stereocenters. The van der Waals surface area contributed by atoms with Gasteiger partial charge in [0.1, 0.15) is 0 Å². The molecule has 6 nitrogen and oxygen atoms in total. The molecule has 0 saturated carbocycles. The molecule has 0 aliphatic carbocycles. The lowest BCUT2D eigenvalue weighted by molar-refractivity contribution is 0.000451. The van der Waals surface area contributed by atoms with Crippen molar-refractivity contribution in [2.45, 2.75) is 13.2 Å². The van der Waals surface area contributed by atoms with Gasteiger partial charge in [-0.1, -0.05) is 6.07 Å². The highest BCUT2D eigenvalue weighted by molar-refractivity contribution is 5.10. The van der Waals surface area contributed by atoms with Gasteiger partial charge >= 0.3 is 0 Å². The average Bonchev–Trinajstić information content (AvgIpc) is 2.50. The third-order valence-corrected chi connectivity index (χ3v) is 2.65. The molecule has 1 N–H and O–H groups in total. The molecule has 1 rings (SSSR count). The molecule has 0 aliphatic heterocycles. The zero-order valence-corrected chi connectivity index (χ0v) is 13.0. The predicted molar refractivity (Wildman–Crippen MR) is 80.2 cm³/mol. The molecule has 0 saturated heterocycles. The lowest BCUT2D eigenvalue weighted by Gasteiger charge is -2.07. The zero-order chi connectivity index (χ0) is 15.2. The van der Waals surface area contributed by atoms with Crippen LogP contribution in [0.3, 0.4) is 0 Å². The fourth-order valence-corrected chi connectivity index (χ4v) is 1.65. The number of nitrogens with one attached hydrogen (secondary N) is 1. The third kappa shape index (κ3) is 9.49. The number of methoxy groups -OCH3 is 1. The van der Waals surface area contributed by atoms with Crippen LogP contribution in [0.5, 0.6) is 0 Å². The fourth-order valence-electron chi connectivity index (χ4n) is 1.65. The Bertz CT molecular complexity index is 363. The molecule has 0 bridgehead atoms. The molecule has 0 aliphatic rings. The highest BCUT2D eigenvalue weighted by Gasteiger charge is 1.98. The summed E-state index contributed by atoms with van der Waals surface area (Å²) in [5.74, 6) is 0. The standard InChI is InChI=1S/C15H26N2O4/c1-16-12-14-4-3-5-15(17-14)13-21-11-10-20-9-8-19-7-6-18-2/h3-5,16H,6-13H2,1-2H3. The summed E-state index contributed by atoms with van der Waals surface area (Å²) in [6.07, 6.45) is 0. The summed E-state index contributed by atoms with van der Waals surface area (Å²) in [5.41, 5.74) is 1.95. The van der Waals surface area contributed by atoms with Gasteiger partial charge in [-0.2, -0.15) is 0 Å². The third-order valence-electron chi connectivity index (χ3n) is 2.65. The topological polar surface area (TPSA) is 61.8 Å². The van der Waals surface area contributed by atoms with E-state index < -0.39 is 0 Å². The Kier molecular flexibility index (Phi) is 10.9. The van der Waals surface area contributed by atoms with Crippen LogP contribution in [0.4, 0.5) is 0 Å². The Morgan fingerprint density at radius 3 is 2.19 bits per heavy atom. The number of hydrogen-bond acceptors (Lipinski definition) is 6. The minimum Gasteiger partial charge on any atom is -0.382 e. The van der Waals surface area contributed by atoms with Crippen LogP contribution in [0, 0.1) is 0 Å². The number of ether oxygens (including phenoxy) is 4. The van der Waals surface area contributed by atoms with Crippen molar-refractivity contribution >= 4 is 0 Å². The van der Waals surface area contributed by atoms with E-state index in [-0.39, 0.29) is 0 Å². The maximum atomic E-state index is 5.53. The molecular formula is C15H26N2O4. The average molecular weight is 298 g/mol. The van der Waals surface area contributed by atoms with Crippen molar-refractivity contribution in [3.05, 3.63) is 29.6 Å². The Morgan fingerprint density at radius 1 is 0.905 bits per heavy atom. The summed E-state index contributed by atoms with van der Waals surface area (Å²) < 4.78 is 21.1. The van der Waals surface area contributed by atoms with Crippen LogP contribution in [0.2, 0.25) is 0 Å². The van der Waals surface area contributed by atoms with E-state index in [1.165, 1.54) is 0 Å². The van der Waals surface area contributed by atoms with Crippen LogP contribution >= 0.6 is 0 Å². The van der Waals surface area contributed by atoms with Crippen molar-refractivity contribution in [1.29, 1.82) is 0 Å². The molecule has 0 spiro atoms. The second-order valence-corrected chi connectivity index (χ2v) is 4.42. The van der Waals surface area contributed by atoms with E-state index in [1.807, 2.05) is 25.2 Å². The van der Waals surface area contributed by atoms with Gasteiger partial charge in [0.05, 0.1) is 57.6 Å². The molecule has 120 valence electrons. The minimum absolute atomic E-state index is 0.505. The molecule has 0 aromatic carbocycles. The van der Waals surface area contributed by atoms with Gasteiger partial charge < -0.3 is 24.3 Å². The SMILES string of the molecule is CNCc1cccc(COCCOCCOCCOC)n1. The smallest absolute Gasteiger partial charge is 0.0889 e. The molecular weight excluding hydrogens is 272 g/mol. The molecule has 0 unspecified atom stereocenters. The maximum absolute atomic E-state index is 5.53. The number of rotatable bonds is 13. The zero-order valence-electron chi connectivity index (χ0n) is 13.0. The molecule has 21 heavy (non-hydrogen) atoms. The second kappa shape index (κ2) is 12.7. The highest BCUT2D eigenvalue weighted by atomic mass is 16.6. The molecule has 1 aromatic heterocycles. The summed E-state index contributed by atoms with van der Waals surface area (Å²) in [6, 6.07) is 5.95. The Labute approximate surface area is 126 Å². The van der Waals surface area contributed by atoms with Crippen molar-refractivity contribution in [3.8, 4) is 0 Å². The van der Waals surface area contributed by atoms with Crippen LogP contribution in [-0.2, 0) is 32.1 Å². The largest absolute Gasteiger partial charge is 0.382 e. The first-order valence-electron chi connectivity index (χ1n) is 7.18. The van der Waals surface area contributed by atoms with Crippen molar-refractivity contribution in [2.24, 2.45) is 0 Å². The molecule has 0 fully saturated rings. The van der Waals surface area contributed by atoms with E-state index in [0.717, 1.165) is 17.9 Å². The van der Waals surface area contributed by atoms with Gasteiger partial charge in [-0.25, -0.2) is 0 Å². The van der Waals surface area contributed by atoms with Crippen LogP contribution in [0.15, 0.2) is 18.2 Å². The first-order chi connectivity index (χ1) is 10.4. The van der Waals surface area contributed by atoms with Crippen LogP contribution < -0.4 is 5.32 Å². The lowest BCUT2D eigenvalue weighted by atomic mass is 10.3. The van der Waals surface area contributed by atoms with Crippen molar-refractivity contribution in [2.75, 3.05) is 53.8 Å². The van der Waals surface area contributed by atoms with Crippen molar-refractivity contribution in [1.82, 2.24) is 10.3 Å². The summed E-state index contributed by atoms with van der Waals surface area (Å²) >= 11 is 0. The van der Waals surface area contributed by atoms with Crippen LogP contribution in [0.25, 0.3) is 0 Å². The van der Waals surface area contributed by atoms with Gasteiger partial charge in [-0.3, -0.25) is 4.98 Å². The van der Waals surface area contributed by atoms with Gasteiger partial charge in [0, 0.05) is 13.7 Å². The Morgan fingerprint density at radius 2 is 1.52 bits per heavy atom. The minimum atomic E-state index is 0.505. The first kappa shape index (κ1) is 18.0. The molecule has 1 aromatic rings. The summed E-state index contributed by atoms with van der Waals surface area (Å²) in [5, 5.41) is 3.08. The van der Waals surface area contributed by atoms with Gasteiger partial charge in [0.15, 0.2) is 0 Å². The van der Waals surface area contributed by atoms with Crippen molar-refractivity contribution < 1.29 is 18.9 Å². The van der Waals surface area contributed by atoms with Gasteiger partial charge in [0.25, 0.3) is 0 Å². The van der Waals surface area contributed by atoms with E-state index in [9.17, 15) is 0 Å². The Balaban J connectivity index is 1.97. The van der Waals surface area contributed by atoms with E-state index in [4.69, 9.17) is 18.9 Å². The summed E-state index contributed by atoms with van der Waals surface area (Å²) in [4.78, 5) is 4.48. The number of aromatic nitrogens is 1. The highest BCUT2D eigenvalue weighted by Crippen LogP contribution is 2.01. The first-order valence-corrected chi connectivity index (χ1v) is 7.18. The normalized spacial score (nSPS) is 11.0. The molecule has 6 heteroatoms. The molecule has 1 heterocycles. The van der Waals surface area contributed by atoms with Gasteiger partial charge in [-0.05, 0) is 19.2 Å². The monoisotopic (exact) mass is 298 g/mol. The van der Waals surface area contributed by atoms with Crippen LogP contribution in [0.1, 0.15) is 11.4 Å². The Hall–Kier alpha value is -1.05. The summed E-state index contributed by atoms with van der Waals surface area (Å²) in [6.45, 7) is 4.75. The van der Waals surface area contributed by atoms with E-state index >= 15 is 0 Å². The second-order valence-electron chi connectivity index (χ2n) is 4.42. The quantitative estimate of drug-likeness (QED) is 0.548. The van der Waals surface area contributed by atoms with Crippen LogP contribution in [-0.4, -0.2) is 58.8 Å². The van der Waals surface area contributed by atoms with Gasteiger partial charge in [0.2, 0.25) is 0 Å². The maximum Gasteiger partial charge on any atom is 0.0889 e. The van der Waals surface area contributed by atoms with E-state index in [0.29, 0.717) is 46.2 Å². The fraction of sp³-hybridized carbons (Fsp3) is 0.667. The number of hydrogen-bond donors (Lipinski definition) is 1. The predicted octanol–water partition coefficient (Wildman–Crippen LogP) is 0.997. The summed E-state index contributed by atoms with van der Waals surface area (Å²) in [7, 11) is 3.56. The van der Waals surface area contributed by atoms with Gasteiger partial charge in [-0.15, -0.1) is 0 Å². The molecule has 0 radical (unpaired) electrons. The van der Waals surface area contributed by atoms with Crippen molar-refractivity contribution in [3.63, 3.8) is 0 Å². The molecule has 0 amide bonds. The van der Waals surface area contributed by atoms with E-state index in [2.05, 4.69) is 10.3 Å². The lowest BCUT2D eigenvalue weighted by Crippen LogP contribution is -2.12. The number of pyridine rings is 1.